The van der Waals surface area contributed by atoms with Crippen LogP contribution in [0.25, 0.3) is 0 Å². The van der Waals surface area contributed by atoms with E-state index in [9.17, 15) is 19.8 Å². The summed E-state index contributed by atoms with van der Waals surface area (Å²) in [6.45, 7) is 0. The Balaban J connectivity index is 3.96. The first-order valence-corrected chi connectivity index (χ1v) is 6.48. The number of hydrogen-bond donors (Lipinski definition) is 1. The number of carbonyl (C=O) groups is 2. The fourth-order valence-electron chi connectivity index (χ4n) is 1.36. The zero-order chi connectivity index (χ0) is 12.6. The molecule has 0 aliphatic heterocycles. The van der Waals surface area contributed by atoms with E-state index in [0.29, 0.717) is 6.42 Å². The summed E-state index contributed by atoms with van der Waals surface area (Å²) < 4.78 is 0. The fraction of sp³-hybridized carbons (Fsp3) is 0.800. The number of hydrogen-bond acceptors (Lipinski definition) is 6. The van der Waals surface area contributed by atoms with Gasteiger partial charge in [0.15, 0.2) is 0 Å². The van der Waals surface area contributed by atoms with Gasteiger partial charge in [-0.05, 0) is 24.9 Å². The Hall–Kier alpha value is -0.750. The van der Waals surface area contributed by atoms with Gasteiger partial charge in [0.1, 0.15) is 6.10 Å². The van der Waals surface area contributed by atoms with Gasteiger partial charge in [-0.3, -0.25) is 0 Å². The summed E-state index contributed by atoms with van der Waals surface area (Å²) in [7, 11) is 0. The number of unbranched alkanes of at least 4 members (excludes halogenated alkanes) is 2. The standard InChI is InChI=1S/C10H18O5S/c1-16-6-4-2-3-5-7(9(12)13)8(11)10(14)15/h7-8,11H,2-6H2,1H3,(H,12,13)(H,14,15)/p-2. The van der Waals surface area contributed by atoms with Crippen LogP contribution in [0.15, 0.2) is 0 Å². The first kappa shape index (κ1) is 15.2. The Bertz CT molecular complexity index is 231. The van der Waals surface area contributed by atoms with Crippen molar-refractivity contribution in [2.24, 2.45) is 5.92 Å². The summed E-state index contributed by atoms with van der Waals surface area (Å²) >= 11 is 1.70. The van der Waals surface area contributed by atoms with Gasteiger partial charge in [0, 0.05) is 11.9 Å². The molecular weight excluding hydrogens is 232 g/mol. The van der Waals surface area contributed by atoms with Crippen molar-refractivity contribution >= 4 is 23.7 Å². The molecule has 1 N–H and O–H groups in total. The lowest BCUT2D eigenvalue weighted by atomic mass is 9.95. The lowest BCUT2D eigenvalue weighted by molar-refractivity contribution is -0.330. The van der Waals surface area contributed by atoms with Gasteiger partial charge in [0.2, 0.25) is 0 Å². The second-order valence-electron chi connectivity index (χ2n) is 3.53. The van der Waals surface area contributed by atoms with Crippen molar-refractivity contribution in [2.75, 3.05) is 12.0 Å². The van der Waals surface area contributed by atoms with Gasteiger partial charge < -0.3 is 24.9 Å². The molecule has 0 saturated heterocycles. The largest absolute Gasteiger partial charge is 0.550 e. The first-order chi connectivity index (χ1) is 7.50. The second-order valence-corrected chi connectivity index (χ2v) is 4.52. The molecule has 0 radical (unpaired) electrons. The SMILES string of the molecule is CSCCCCCC(C(=O)[O-])C(O)C(=O)[O-]. The number of aliphatic hydroxyl groups is 1. The van der Waals surface area contributed by atoms with Gasteiger partial charge in [0.05, 0.1) is 5.97 Å². The van der Waals surface area contributed by atoms with Crippen LogP contribution in [0.4, 0.5) is 0 Å². The number of carbonyl (C=O) groups excluding carboxylic acids is 2. The average molecular weight is 248 g/mol. The van der Waals surface area contributed by atoms with Gasteiger partial charge >= 0.3 is 0 Å². The molecule has 0 rings (SSSR count). The van der Waals surface area contributed by atoms with Crippen LogP contribution < -0.4 is 10.2 Å². The van der Waals surface area contributed by atoms with E-state index in [1.54, 1.807) is 11.8 Å². The Labute approximate surface area is 98.9 Å². The minimum absolute atomic E-state index is 0.103. The molecule has 6 heteroatoms. The number of carboxylic acid groups (broad SMARTS) is 2. The van der Waals surface area contributed by atoms with Crippen LogP contribution in [0, 0.1) is 5.92 Å². The van der Waals surface area contributed by atoms with Gasteiger partial charge in [0.25, 0.3) is 0 Å². The van der Waals surface area contributed by atoms with E-state index < -0.39 is 24.0 Å². The van der Waals surface area contributed by atoms with E-state index in [-0.39, 0.29) is 6.42 Å². The van der Waals surface area contributed by atoms with Crippen LogP contribution in [-0.4, -0.2) is 35.2 Å². The maximum absolute atomic E-state index is 10.6. The third-order valence-corrected chi connectivity index (χ3v) is 2.99. The average Bonchev–Trinajstić information content (AvgIpc) is 2.21. The molecule has 0 spiro atoms. The summed E-state index contributed by atoms with van der Waals surface area (Å²) in [6.07, 6.45) is 2.41. The molecular formula is C10H16O5S-2. The van der Waals surface area contributed by atoms with Crippen LogP contribution >= 0.6 is 11.8 Å². The van der Waals surface area contributed by atoms with Crippen LogP contribution in [0.5, 0.6) is 0 Å². The molecule has 0 heterocycles. The molecule has 16 heavy (non-hydrogen) atoms. The third kappa shape index (κ3) is 5.97. The Morgan fingerprint density at radius 3 is 2.25 bits per heavy atom. The van der Waals surface area contributed by atoms with E-state index >= 15 is 0 Å². The van der Waals surface area contributed by atoms with Gasteiger partial charge in [-0.25, -0.2) is 0 Å². The molecule has 5 nitrogen and oxygen atoms in total. The minimum atomic E-state index is -1.98. The number of rotatable bonds is 9. The minimum Gasteiger partial charge on any atom is -0.550 e. The predicted molar refractivity (Wildman–Crippen MR) is 56.4 cm³/mol. The maximum atomic E-state index is 10.6. The molecule has 0 aromatic heterocycles. The van der Waals surface area contributed by atoms with Crippen molar-refractivity contribution in [3.8, 4) is 0 Å². The van der Waals surface area contributed by atoms with Gasteiger partial charge in [-0.1, -0.05) is 12.8 Å². The highest BCUT2D eigenvalue weighted by molar-refractivity contribution is 7.98. The van der Waals surface area contributed by atoms with Crippen molar-refractivity contribution < 1.29 is 24.9 Å². The van der Waals surface area contributed by atoms with Crippen LogP contribution in [0.1, 0.15) is 25.7 Å². The molecule has 0 aromatic rings. The zero-order valence-corrected chi connectivity index (χ0v) is 10.00. The van der Waals surface area contributed by atoms with Crippen molar-refractivity contribution in [2.45, 2.75) is 31.8 Å². The van der Waals surface area contributed by atoms with Gasteiger partial charge in [-0.2, -0.15) is 11.8 Å². The lowest BCUT2D eigenvalue weighted by Gasteiger charge is -2.24. The second kappa shape index (κ2) is 8.41. The molecule has 0 amide bonds. The fourth-order valence-corrected chi connectivity index (χ4v) is 1.85. The summed E-state index contributed by atoms with van der Waals surface area (Å²) in [4.78, 5) is 20.9. The van der Waals surface area contributed by atoms with Gasteiger partial charge in [-0.15, -0.1) is 0 Å². The predicted octanol–water partition coefficient (Wildman–Crippen LogP) is -1.61. The highest BCUT2D eigenvalue weighted by Gasteiger charge is 2.20. The molecule has 0 aromatic carbocycles. The quantitative estimate of drug-likeness (QED) is 0.492. The summed E-state index contributed by atoms with van der Waals surface area (Å²) in [5.74, 6) is -3.70. The Kier molecular flexibility index (Phi) is 8.01. The molecule has 0 bridgehead atoms. The lowest BCUT2D eigenvalue weighted by Crippen LogP contribution is -2.47. The van der Waals surface area contributed by atoms with Crippen LogP contribution in [0.3, 0.4) is 0 Å². The summed E-state index contributed by atoms with van der Waals surface area (Å²) in [6, 6.07) is 0. The summed E-state index contributed by atoms with van der Waals surface area (Å²) in [5, 5.41) is 30.0. The smallest absolute Gasteiger partial charge is 0.101 e. The molecule has 0 aliphatic carbocycles. The van der Waals surface area contributed by atoms with E-state index in [4.69, 9.17) is 5.11 Å². The molecule has 2 unspecified atom stereocenters. The van der Waals surface area contributed by atoms with Crippen LogP contribution in [0.2, 0.25) is 0 Å². The number of aliphatic hydroxyl groups excluding tert-OH is 1. The van der Waals surface area contributed by atoms with E-state index in [0.717, 1.165) is 18.6 Å². The highest BCUT2D eigenvalue weighted by Crippen LogP contribution is 2.14. The maximum Gasteiger partial charge on any atom is 0.101 e. The molecule has 0 fully saturated rings. The number of aliphatic carboxylic acids is 2. The van der Waals surface area contributed by atoms with Crippen LogP contribution in [-0.2, 0) is 9.59 Å². The van der Waals surface area contributed by atoms with Crippen molar-refractivity contribution in [1.82, 2.24) is 0 Å². The van der Waals surface area contributed by atoms with E-state index in [1.165, 1.54) is 0 Å². The first-order valence-electron chi connectivity index (χ1n) is 5.09. The number of carboxylic acids is 2. The molecule has 0 aliphatic rings. The topological polar surface area (TPSA) is 100 Å². The monoisotopic (exact) mass is 248 g/mol. The molecule has 2 atom stereocenters. The highest BCUT2D eigenvalue weighted by atomic mass is 32.2. The molecule has 94 valence electrons. The normalized spacial score (nSPS) is 14.4. The Morgan fingerprint density at radius 1 is 1.19 bits per heavy atom. The van der Waals surface area contributed by atoms with Crippen molar-refractivity contribution in [3.63, 3.8) is 0 Å². The number of thioether (sulfide) groups is 1. The Morgan fingerprint density at radius 2 is 1.81 bits per heavy atom. The van der Waals surface area contributed by atoms with Crippen molar-refractivity contribution in [1.29, 1.82) is 0 Å². The third-order valence-electron chi connectivity index (χ3n) is 2.29. The van der Waals surface area contributed by atoms with E-state index in [2.05, 4.69) is 0 Å². The van der Waals surface area contributed by atoms with E-state index in [1.807, 2.05) is 6.26 Å². The zero-order valence-electron chi connectivity index (χ0n) is 9.18. The summed E-state index contributed by atoms with van der Waals surface area (Å²) in [5.41, 5.74) is 0. The molecule has 0 saturated carbocycles. The van der Waals surface area contributed by atoms with Crippen molar-refractivity contribution in [3.05, 3.63) is 0 Å².